The van der Waals surface area contributed by atoms with E-state index in [0.29, 0.717) is 11.3 Å². The molecule has 1 fully saturated rings. The van der Waals surface area contributed by atoms with Gasteiger partial charge in [-0.25, -0.2) is 0 Å². The van der Waals surface area contributed by atoms with Crippen LogP contribution in [0.4, 0.5) is 0 Å². The van der Waals surface area contributed by atoms with E-state index in [9.17, 15) is 4.79 Å². The predicted molar refractivity (Wildman–Crippen MR) is 79.8 cm³/mol. The SMILES string of the molecule is C[Si](C)(C(=O)CC1CCCCC1)c1ccccc1. The number of hydrogen-bond acceptors (Lipinski definition) is 1. The molecule has 0 aromatic heterocycles. The number of carbonyl (C=O) groups excluding carboxylic acids is 1. The van der Waals surface area contributed by atoms with Crippen molar-refractivity contribution in [3.05, 3.63) is 30.3 Å². The third kappa shape index (κ3) is 3.11. The number of benzene rings is 1. The van der Waals surface area contributed by atoms with Crippen molar-refractivity contribution in [3.63, 3.8) is 0 Å². The third-order valence-corrected chi connectivity index (χ3v) is 7.77. The molecule has 2 heteroatoms. The Bertz CT molecular complexity index is 391. The summed E-state index contributed by atoms with van der Waals surface area (Å²) in [6.45, 7) is 4.40. The van der Waals surface area contributed by atoms with E-state index in [1.807, 2.05) is 6.07 Å². The van der Waals surface area contributed by atoms with E-state index in [4.69, 9.17) is 0 Å². The van der Waals surface area contributed by atoms with E-state index in [1.165, 1.54) is 37.3 Å². The van der Waals surface area contributed by atoms with Crippen LogP contribution in [0.25, 0.3) is 0 Å². The second-order valence-electron chi connectivity index (χ2n) is 6.12. The quantitative estimate of drug-likeness (QED) is 0.755. The van der Waals surface area contributed by atoms with Gasteiger partial charge >= 0.3 is 0 Å². The summed E-state index contributed by atoms with van der Waals surface area (Å²) >= 11 is 0. The van der Waals surface area contributed by atoms with Crippen molar-refractivity contribution >= 4 is 18.7 Å². The molecule has 0 spiro atoms. The van der Waals surface area contributed by atoms with E-state index in [-0.39, 0.29) is 0 Å². The molecule has 0 atom stereocenters. The lowest BCUT2D eigenvalue weighted by Gasteiger charge is -2.26. The Morgan fingerprint density at radius 1 is 1.11 bits per heavy atom. The first kappa shape index (κ1) is 13.5. The van der Waals surface area contributed by atoms with Crippen LogP contribution in [0, 0.1) is 5.92 Å². The lowest BCUT2D eigenvalue weighted by molar-refractivity contribution is -0.113. The van der Waals surface area contributed by atoms with Gasteiger partial charge in [0, 0.05) is 6.42 Å². The van der Waals surface area contributed by atoms with Crippen LogP contribution in [0.15, 0.2) is 30.3 Å². The average molecular weight is 260 g/mol. The maximum Gasteiger partial charge on any atom is 0.157 e. The lowest BCUT2D eigenvalue weighted by Crippen LogP contribution is -2.50. The maximum atomic E-state index is 12.6. The molecule has 0 amide bonds. The van der Waals surface area contributed by atoms with Crippen LogP contribution >= 0.6 is 0 Å². The molecule has 1 aromatic rings. The van der Waals surface area contributed by atoms with Crippen LogP contribution < -0.4 is 5.19 Å². The Balaban J connectivity index is 2.03. The molecule has 98 valence electrons. The molecule has 18 heavy (non-hydrogen) atoms. The minimum absolute atomic E-state index is 0.542. The van der Waals surface area contributed by atoms with E-state index in [2.05, 4.69) is 37.4 Å². The van der Waals surface area contributed by atoms with Crippen LogP contribution in [0.2, 0.25) is 13.1 Å². The lowest BCUT2D eigenvalue weighted by atomic mass is 9.87. The highest BCUT2D eigenvalue weighted by atomic mass is 28.3. The highest BCUT2D eigenvalue weighted by molar-refractivity contribution is 7.13. The molecule has 1 aromatic carbocycles. The molecule has 1 aliphatic carbocycles. The molecule has 0 N–H and O–H groups in total. The fraction of sp³-hybridized carbons (Fsp3) is 0.562. The zero-order valence-corrected chi connectivity index (χ0v) is 12.6. The van der Waals surface area contributed by atoms with Crippen LogP contribution in [0.5, 0.6) is 0 Å². The number of rotatable bonds is 4. The molecule has 2 rings (SSSR count). The average Bonchev–Trinajstić information content (AvgIpc) is 2.41. The summed E-state index contributed by atoms with van der Waals surface area (Å²) in [6, 6.07) is 10.4. The second-order valence-corrected chi connectivity index (χ2v) is 10.5. The van der Waals surface area contributed by atoms with Crippen LogP contribution in [0.3, 0.4) is 0 Å². The summed E-state index contributed by atoms with van der Waals surface area (Å²) in [5.41, 5.74) is 0. The van der Waals surface area contributed by atoms with Gasteiger partial charge in [0.15, 0.2) is 8.07 Å². The van der Waals surface area contributed by atoms with Gasteiger partial charge in [-0.2, -0.15) is 0 Å². The van der Waals surface area contributed by atoms with Gasteiger partial charge in [0.25, 0.3) is 0 Å². The van der Waals surface area contributed by atoms with Gasteiger partial charge in [0.2, 0.25) is 0 Å². The van der Waals surface area contributed by atoms with Crippen LogP contribution in [0.1, 0.15) is 38.5 Å². The van der Waals surface area contributed by atoms with Crippen molar-refractivity contribution in [2.45, 2.75) is 51.6 Å². The minimum atomic E-state index is -1.91. The summed E-state index contributed by atoms with van der Waals surface area (Å²) in [5, 5.41) is 1.83. The van der Waals surface area contributed by atoms with Crippen molar-refractivity contribution in [2.75, 3.05) is 0 Å². The summed E-state index contributed by atoms with van der Waals surface area (Å²) in [5.74, 6) is 0.668. The van der Waals surface area contributed by atoms with Crippen molar-refractivity contribution in [1.82, 2.24) is 0 Å². The van der Waals surface area contributed by atoms with Gasteiger partial charge in [0.05, 0.1) is 0 Å². The Kier molecular flexibility index (Phi) is 4.39. The first-order chi connectivity index (χ1) is 8.60. The van der Waals surface area contributed by atoms with E-state index >= 15 is 0 Å². The zero-order valence-electron chi connectivity index (χ0n) is 11.6. The van der Waals surface area contributed by atoms with Gasteiger partial charge < -0.3 is 4.79 Å². The van der Waals surface area contributed by atoms with Gasteiger partial charge in [-0.15, -0.1) is 0 Å². The van der Waals surface area contributed by atoms with Crippen LogP contribution in [-0.2, 0) is 4.79 Å². The smallest absolute Gasteiger partial charge is 0.157 e. The Morgan fingerprint density at radius 2 is 1.72 bits per heavy atom. The predicted octanol–water partition coefficient (Wildman–Crippen LogP) is 3.68. The summed E-state index contributed by atoms with van der Waals surface area (Å²) in [7, 11) is -1.91. The van der Waals surface area contributed by atoms with Gasteiger partial charge in [-0.1, -0.05) is 80.7 Å². The molecular weight excluding hydrogens is 236 g/mol. The van der Waals surface area contributed by atoms with E-state index in [1.54, 1.807) is 0 Å². The molecule has 0 aliphatic heterocycles. The fourth-order valence-corrected chi connectivity index (χ4v) is 5.07. The topological polar surface area (TPSA) is 17.1 Å². The first-order valence-corrected chi connectivity index (χ1v) is 10.2. The summed E-state index contributed by atoms with van der Waals surface area (Å²) < 4.78 is 0. The van der Waals surface area contributed by atoms with Gasteiger partial charge in [-0.3, -0.25) is 0 Å². The van der Waals surface area contributed by atoms with Crippen molar-refractivity contribution in [2.24, 2.45) is 5.92 Å². The molecule has 0 heterocycles. The molecule has 1 saturated carbocycles. The molecule has 0 unspecified atom stereocenters. The highest BCUT2D eigenvalue weighted by Crippen LogP contribution is 2.27. The largest absolute Gasteiger partial charge is 0.305 e. The minimum Gasteiger partial charge on any atom is -0.305 e. The fourth-order valence-electron chi connectivity index (χ4n) is 2.92. The Labute approximate surface area is 112 Å². The molecular formula is C16H24OSi. The van der Waals surface area contributed by atoms with Crippen molar-refractivity contribution in [1.29, 1.82) is 0 Å². The molecule has 0 radical (unpaired) electrons. The van der Waals surface area contributed by atoms with Crippen LogP contribution in [-0.4, -0.2) is 13.5 Å². The molecule has 1 aliphatic rings. The maximum absolute atomic E-state index is 12.6. The van der Waals surface area contributed by atoms with Crippen molar-refractivity contribution < 1.29 is 4.79 Å². The molecule has 0 saturated heterocycles. The van der Waals surface area contributed by atoms with Gasteiger partial charge in [-0.05, 0) is 5.92 Å². The zero-order chi connectivity index (χ0) is 13.0. The number of hydrogen-bond donors (Lipinski definition) is 0. The third-order valence-electron chi connectivity index (χ3n) is 4.39. The Hall–Kier alpha value is -0.893. The monoisotopic (exact) mass is 260 g/mol. The first-order valence-electron chi connectivity index (χ1n) is 7.19. The summed E-state index contributed by atoms with van der Waals surface area (Å²) in [6.07, 6.45) is 7.38. The second kappa shape index (κ2) is 5.83. The van der Waals surface area contributed by atoms with E-state index < -0.39 is 8.07 Å². The Morgan fingerprint density at radius 3 is 2.33 bits per heavy atom. The van der Waals surface area contributed by atoms with Gasteiger partial charge in [0.1, 0.15) is 5.41 Å². The molecule has 0 bridgehead atoms. The summed E-state index contributed by atoms with van der Waals surface area (Å²) in [4.78, 5) is 12.6. The van der Waals surface area contributed by atoms with Crippen molar-refractivity contribution in [3.8, 4) is 0 Å². The standard InChI is InChI=1S/C16H24OSi/c1-18(2,15-11-7-4-8-12-15)16(17)13-14-9-5-3-6-10-14/h4,7-8,11-12,14H,3,5-6,9-10,13H2,1-2H3. The normalized spacial score (nSPS) is 17.7. The molecule has 1 nitrogen and oxygen atoms in total. The number of carbonyl (C=O) groups is 1. The van der Waals surface area contributed by atoms with E-state index in [0.717, 1.165) is 6.42 Å². The highest BCUT2D eigenvalue weighted by Gasteiger charge is 2.33.